The summed E-state index contributed by atoms with van der Waals surface area (Å²) in [5, 5.41) is 0. The zero-order valence-corrected chi connectivity index (χ0v) is 52.0. The van der Waals surface area contributed by atoms with E-state index in [2.05, 4.69) is 154 Å². The van der Waals surface area contributed by atoms with Crippen LogP contribution in [0.3, 0.4) is 0 Å². The van der Waals surface area contributed by atoms with Crippen LogP contribution in [0.5, 0.6) is 0 Å². The summed E-state index contributed by atoms with van der Waals surface area (Å²) < 4.78 is 16.9. The van der Waals surface area contributed by atoms with Crippen molar-refractivity contribution < 1.29 is 28.6 Å². The van der Waals surface area contributed by atoms with Crippen molar-refractivity contribution in [1.82, 2.24) is 0 Å². The predicted octanol–water partition coefficient (Wildman–Crippen LogP) is 22.9. The van der Waals surface area contributed by atoms with Crippen molar-refractivity contribution in [2.75, 3.05) is 13.2 Å². The highest BCUT2D eigenvalue weighted by atomic mass is 16.6. The van der Waals surface area contributed by atoms with Crippen molar-refractivity contribution in [3.8, 4) is 0 Å². The monoisotopic (exact) mass is 1110 g/mol. The molecule has 6 nitrogen and oxygen atoms in total. The summed E-state index contributed by atoms with van der Waals surface area (Å²) in [5.41, 5.74) is 0. The van der Waals surface area contributed by atoms with Gasteiger partial charge in [0.2, 0.25) is 0 Å². The number of allylic oxidation sites excluding steroid dienone is 22. The van der Waals surface area contributed by atoms with Crippen molar-refractivity contribution in [2.45, 2.75) is 303 Å². The van der Waals surface area contributed by atoms with E-state index in [-0.39, 0.29) is 31.1 Å². The maximum atomic E-state index is 12.9. The van der Waals surface area contributed by atoms with Crippen LogP contribution in [0, 0.1) is 0 Å². The molecule has 6 heteroatoms. The van der Waals surface area contributed by atoms with E-state index in [0.29, 0.717) is 19.3 Å². The van der Waals surface area contributed by atoms with Gasteiger partial charge in [0.25, 0.3) is 0 Å². The Balaban J connectivity index is 4.23. The van der Waals surface area contributed by atoms with E-state index in [1.165, 1.54) is 116 Å². The second-order valence-electron chi connectivity index (χ2n) is 21.6. The molecule has 0 rings (SSSR count). The van der Waals surface area contributed by atoms with Crippen LogP contribution in [0.4, 0.5) is 0 Å². The number of carbonyl (C=O) groups excluding carboxylic acids is 3. The van der Waals surface area contributed by atoms with Crippen LogP contribution in [0.1, 0.15) is 297 Å². The second kappa shape index (κ2) is 67.1. The van der Waals surface area contributed by atoms with Crippen LogP contribution in [0.25, 0.3) is 0 Å². The predicted molar refractivity (Wildman–Crippen MR) is 348 cm³/mol. The fourth-order valence-corrected chi connectivity index (χ4v) is 8.90. The van der Waals surface area contributed by atoms with Crippen LogP contribution < -0.4 is 0 Å². The molecule has 0 spiro atoms. The third kappa shape index (κ3) is 64.4. The van der Waals surface area contributed by atoms with Gasteiger partial charge in [-0.3, -0.25) is 14.4 Å². The maximum Gasteiger partial charge on any atom is 0.306 e. The van der Waals surface area contributed by atoms with Gasteiger partial charge in [0.05, 0.1) is 0 Å². The molecule has 0 aliphatic carbocycles. The molecule has 1 atom stereocenters. The second-order valence-corrected chi connectivity index (χ2v) is 21.6. The largest absolute Gasteiger partial charge is 0.462 e. The summed E-state index contributed by atoms with van der Waals surface area (Å²) in [6.45, 7) is 6.45. The molecular weight excluding hydrogens is 985 g/mol. The van der Waals surface area contributed by atoms with Crippen LogP contribution in [0.2, 0.25) is 0 Å². The van der Waals surface area contributed by atoms with Gasteiger partial charge in [-0.1, -0.05) is 276 Å². The third-order valence-electron chi connectivity index (χ3n) is 13.8. The topological polar surface area (TPSA) is 78.9 Å². The van der Waals surface area contributed by atoms with Crippen molar-refractivity contribution in [1.29, 1.82) is 0 Å². The molecule has 0 aliphatic heterocycles. The SMILES string of the molecule is CC/C=C\C/C=C\C/C=C\C/C=C\C/C=C\C/C=C\C/C=C\C/C=C\C/C=C\CCCCCCCCCC(=O)OCC(COC(=O)CCCCCCC/C=C\CCC)OC(=O)CCCCCCCCC/C=C\CCCCCCCC. The Morgan fingerprint density at radius 2 is 0.512 bits per heavy atom. The summed E-state index contributed by atoms with van der Waals surface area (Å²) in [6.07, 6.45) is 94.7. The highest BCUT2D eigenvalue weighted by molar-refractivity contribution is 5.71. The molecule has 1 unspecified atom stereocenters. The average molecular weight is 1110 g/mol. The van der Waals surface area contributed by atoms with Gasteiger partial charge in [-0.05, 0) is 135 Å². The Labute approximate surface area is 494 Å². The van der Waals surface area contributed by atoms with Crippen molar-refractivity contribution in [2.24, 2.45) is 0 Å². The first kappa shape index (κ1) is 75.5. The zero-order chi connectivity index (χ0) is 57.8. The van der Waals surface area contributed by atoms with Crippen LogP contribution in [0.15, 0.2) is 134 Å². The highest BCUT2D eigenvalue weighted by Crippen LogP contribution is 2.15. The standard InChI is InChI=1S/C74H122O6/c1-4-7-10-13-16-19-22-24-26-28-29-30-31-32-33-34-35-36-37-38-39-40-41-42-43-44-45-47-48-50-52-55-58-61-64-67-73(76)79-70-71(69-78-72(75)66-63-60-57-54-21-18-15-12-9-6-3)80-74(77)68-65-62-59-56-53-51-49-46-27-25-23-20-17-14-11-8-5-2/h7,10,12,15-16,19,24-27,29-30,32-33,35-36,38-39,41-42,44-45,71H,4-6,8-9,11,13-14,17-18,20-23,28,31,34,37,40,43,46-70H2,1-3H3/b10-7-,15-12-,19-16-,26-24-,27-25-,30-29-,33-32-,36-35-,39-38-,42-41-,45-44-. The molecule has 80 heavy (non-hydrogen) atoms. The summed E-state index contributed by atoms with van der Waals surface area (Å²) in [7, 11) is 0. The van der Waals surface area contributed by atoms with Crippen molar-refractivity contribution >= 4 is 17.9 Å². The van der Waals surface area contributed by atoms with E-state index in [1.54, 1.807) is 0 Å². The zero-order valence-electron chi connectivity index (χ0n) is 52.0. The molecule has 0 N–H and O–H groups in total. The fraction of sp³-hybridized carbons (Fsp3) is 0.662. The van der Waals surface area contributed by atoms with Gasteiger partial charge in [0, 0.05) is 19.3 Å². The quantitative estimate of drug-likeness (QED) is 0.0261. The van der Waals surface area contributed by atoms with E-state index >= 15 is 0 Å². The Morgan fingerprint density at radius 3 is 0.825 bits per heavy atom. The van der Waals surface area contributed by atoms with Crippen LogP contribution in [-0.4, -0.2) is 37.2 Å². The van der Waals surface area contributed by atoms with Gasteiger partial charge < -0.3 is 14.2 Å². The molecule has 0 radical (unpaired) electrons. The lowest BCUT2D eigenvalue weighted by Gasteiger charge is -2.18. The van der Waals surface area contributed by atoms with E-state index in [1.807, 2.05) is 0 Å². The number of unbranched alkanes of at least 4 members (excludes halogenated alkanes) is 26. The van der Waals surface area contributed by atoms with E-state index < -0.39 is 6.10 Å². The maximum absolute atomic E-state index is 12.9. The first-order valence-corrected chi connectivity index (χ1v) is 33.2. The van der Waals surface area contributed by atoms with Crippen molar-refractivity contribution in [3.63, 3.8) is 0 Å². The molecule has 0 fully saturated rings. The number of hydrogen-bond acceptors (Lipinski definition) is 6. The molecule has 0 aromatic rings. The minimum atomic E-state index is -0.791. The van der Waals surface area contributed by atoms with Gasteiger partial charge in [-0.2, -0.15) is 0 Å². The normalized spacial score (nSPS) is 13.0. The minimum absolute atomic E-state index is 0.0891. The van der Waals surface area contributed by atoms with Gasteiger partial charge >= 0.3 is 17.9 Å². The Bertz CT molecular complexity index is 1700. The van der Waals surface area contributed by atoms with E-state index in [0.717, 1.165) is 141 Å². The Kier molecular flexibility index (Phi) is 63.3. The number of ether oxygens (including phenoxy) is 3. The van der Waals surface area contributed by atoms with E-state index in [9.17, 15) is 14.4 Å². The molecule has 0 heterocycles. The molecule has 0 saturated heterocycles. The lowest BCUT2D eigenvalue weighted by molar-refractivity contribution is -0.167. The molecule has 454 valence electrons. The smallest absolute Gasteiger partial charge is 0.306 e. The summed E-state index contributed by atoms with van der Waals surface area (Å²) in [6, 6.07) is 0. The lowest BCUT2D eigenvalue weighted by atomic mass is 10.1. The molecule has 0 aromatic heterocycles. The Morgan fingerprint density at radius 1 is 0.263 bits per heavy atom. The van der Waals surface area contributed by atoms with Crippen LogP contribution in [-0.2, 0) is 28.6 Å². The fourth-order valence-electron chi connectivity index (χ4n) is 8.90. The lowest BCUT2D eigenvalue weighted by Crippen LogP contribution is -2.30. The van der Waals surface area contributed by atoms with Crippen molar-refractivity contribution in [3.05, 3.63) is 134 Å². The first-order valence-electron chi connectivity index (χ1n) is 33.2. The van der Waals surface area contributed by atoms with Gasteiger partial charge in [0.1, 0.15) is 13.2 Å². The number of esters is 3. The molecule has 0 saturated carbocycles. The average Bonchev–Trinajstić information content (AvgIpc) is 3.46. The molecular formula is C74H122O6. The first-order chi connectivity index (χ1) is 39.5. The van der Waals surface area contributed by atoms with Crippen LogP contribution >= 0.6 is 0 Å². The number of carbonyl (C=O) groups is 3. The minimum Gasteiger partial charge on any atom is -0.462 e. The molecule has 0 bridgehead atoms. The number of rotatable bonds is 59. The Hall–Kier alpha value is -4.45. The molecule has 0 amide bonds. The molecule has 0 aliphatic rings. The summed E-state index contributed by atoms with van der Waals surface area (Å²) in [4.78, 5) is 38.2. The summed E-state index contributed by atoms with van der Waals surface area (Å²) >= 11 is 0. The van der Waals surface area contributed by atoms with Gasteiger partial charge in [-0.25, -0.2) is 0 Å². The number of hydrogen-bond donors (Lipinski definition) is 0. The molecule has 0 aromatic carbocycles. The van der Waals surface area contributed by atoms with Gasteiger partial charge in [0.15, 0.2) is 6.10 Å². The van der Waals surface area contributed by atoms with Gasteiger partial charge in [-0.15, -0.1) is 0 Å². The van der Waals surface area contributed by atoms with E-state index in [4.69, 9.17) is 14.2 Å². The summed E-state index contributed by atoms with van der Waals surface area (Å²) in [5.74, 6) is -0.912. The third-order valence-corrected chi connectivity index (χ3v) is 13.8. The highest BCUT2D eigenvalue weighted by Gasteiger charge is 2.19.